The molecule has 202 valence electrons. The largest absolute Gasteiger partial charge is 0.369 e. The van der Waals surface area contributed by atoms with Crippen LogP contribution in [0.25, 0.3) is 22.3 Å². The molecule has 4 aromatic carbocycles. The van der Waals surface area contributed by atoms with E-state index in [1.807, 2.05) is 4.90 Å². The van der Waals surface area contributed by atoms with Gasteiger partial charge < -0.3 is 9.80 Å². The second-order valence-corrected chi connectivity index (χ2v) is 11.5. The van der Waals surface area contributed by atoms with Crippen molar-refractivity contribution in [2.75, 3.05) is 50.7 Å². The summed E-state index contributed by atoms with van der Waals surface area (Å²) in [5.74, 6) is 0.303. The van der Waals surface area contributed by atoms with Crippen LogP contribution in [0.5, 0.6) is 0 Å². The van der Waals surface area contributed by atoms with Gasteiger partial charge in [-0.3, -0.25) is 9.69 Å². The van der Waals surface area contributed by atoms with Crippen LogP contribution in [0.4, 0.5) is 5.69 Å². The quantitative estimate of drug-likeness (QED) is 0.194. The molecule has 0 N–H and O–H groups in total. The van der Waals surface area contributed by atoms with E-state index >= 15 is 0 Å². The van der Waals surface area contributed by atoms with E-state index in [4.69, 9.17) is 0 Å². The lowest BCUT2D eigenvalue weighted by molar-refractivity contribution is -0.130. The highest BCUT2D eigenvalue weighted by Gasteiger charge is 2.51. The fourth-order valence-electron chi connectivity index (χ4n) is 6.91. The first kappa shape index (κ1) is 25.1. The number of piperazine rings is 1. The van der Waals surface area contributed by atoms with Gasteiger partial charge in [0.1, 0.15) is 5.41 Å². The third-order valence-corrected chi connectivity index (χ3v) is 9.15. The van der Waals surface area contributed by atoms with Crippen LogP contribution < -0.4 is 4.90 Å². The minimum atomic E-state index is -0.533. The van der Waals surface area contributed by atoms with Gasteiger partial charge in [-0.05, 0) is 64.9 Å². The van der Waals surface area contributed by atoms with Gasteiger partial charge in [-0.2, -0.15) is 0 Å². The SMILES string of the molecule is O=C(N1CC1)C1(CCCCN2CCN(c3ccc(-c4ccccc4)cc3)CC2)c2ccccc2-c2ccccc21. The Kier molecular flexibility index (Phi) is 6.65. The van der Waals surface area contributed by atoms with Gasteiger partial charge >= 0.3 is 0 Å². The molecule has 4 heteroatoms. The van der Waals surface area contributed by atoms with Crippen molar-refractivity contribution in [2.45, 2.75) is 24.7 Å². The minimum absolute atomic E-state index is 0.303. The molecule has 0 radical (unpaired) electrons. The molecular formula is C36H37N3O. The molecule has 3 aliphatic rings. The summed E-state index contributed by atoms with van der Waals surface area (Å²) in [5.41, 5.74) is 8.20. The average molecular weight is 528 g/mol. The Labute approximate surface area is 237 Å². The number of fused-ring (bicyclic) bond motifs is 3. The predicted molar refractivity (Wildman–Crippen MR) is 164 cm³/mol. The van der Waals surface area contributed by atoms with E-state index in [9.17, 15) is 4.79 Å². The number of rotatable bonds is 8. The molecule has 0 saturated carbocycles. The third kappa shape index (κ3) is 4.50. The Morgan fingerprint density at radius 1 is 0.600 bits per heavy atom. The van der Waals surface area contributed by atoms with Crippen molar-refractivity contribution in [3.8, 4) is 22.3 Å². The maximum Gasteiger partial charge on any atom is 0.237 e. The Hall–Kier alpha value is -3.89. The number of anilines is 1. The molecule has 0 spiro atoms. The van der Waals surface area contributed by atoms with Crippen LogP contribution in [0.2, 0.25) is 0 Å². The maximum absolute atomic E-state index is 13.9. The lowest BCUT2D eigenvalue weighted by Gasteiger charge is -2.36. The van der Waals surface area contributed by atoms with E-state index in [1.54, 1.807) is 0 Å². The van der Waals surface area contributed by atoms with Crippen molar-refractivity contribution in [1.82, 2.24) is 9.80 Å². The summed E-state index contributed by atoms with van der Waals surface area (Å²) in [6.07, 6.45) is 3.04. The second kappa shape index (κ2) is 10.6. The molecule has 1 amide bonds. The van der Waals surface area contributed by atoms with Crippen molar-refractivity contribution >= 4 is 11.6 Å². The van der Waals surface area contributed by atoms with Crippen LogP contribution in [0.1, 0.15) is 30.4 Å². The second-order valence-electron chi connectivity index (χ2n) is 11.5. The van der Waals surface area contributed by atoms with Gasteiger partial charge in [0.05, 0.1) is 0 Å². The molecule has 40 heavy (non-hydrogen) atoms. The summed E-state index contributed by atoms with van der Waals surface area (Å²) in [4.78, 5) is 21.1. The minimum Gasteiger partial charge on any atom is -0.369 e. The zero-order valence-electron chi connectivity index (χ0n) is 23.1. The molecule has 0 bridgehead atoms. The molecule has 2 fully saturated rings. The first-order valence-electron chi connectivity index (χ1n) is 14.9. The standard InChI is InChI=1S/C36H37N3O/c40-35(39-26-27-39)36(33-14-6-4-12-31(33)32-13-5-7-15-34(32)36)20-8-9-21-37-22-24-38(25-23-37)30-18-16-29(17-19-30)28-10-2-1-3-11-28/h1-7,10-19H,8-9,20-27H2. The number of nitrogens with zero attached hydrogens (tertiary/aromatic N) is 3. The molecule has 7 rings (SSSR count). The lowest BCUT2D eigenvalue weighted by Crippen LogP contribution is -2.46. The van der Waals surface area contributed by atoms with Crippen molar-refractivity contribution < 1.29 is 4.79 Å². The number of hydrogen-bond donors (Lipinski definition) is 0. The number of unbranched alkanes of at least 4 members (excludes halogenated alkanes) is 1. The Morgan fingerprint density at radius 2 is 1.18 bits per heavy atom. The average Bonchev–Trinajstić information content (AvgIpc) is 3.84. The lowest BCUT2D eigenvalue weighted by atomic mass is 9.73. The van der Waals surface area contributed by atoms with Crippen LogP contribution in [0.3, 0.4) is 0 Å². The van der Waals surface area contributed by atoms with Crippen LogP contribution >= 0.6 is 0 Å². The summed E-state index contributed by atoms with van der Waals surface area (Å²) in [7, 11) is 0. The maximum atomic E-state index is 13.9. The molecule has 0 aromatic heterocycles. The summed E-state index contributed by atoms with van der Waals surface area (Å²) in [5, 5.41) is 0. The zero-order chi connectivity index (χ0) is 26.9. The Morgan fingerprint density at radius 3 is 1.80 bits per heavy atom. The molecular weight excluding hydrogens is 490 g/mol. The first-order chi connectivity index (χ1) is 19.7. The molecule has 4 nitrogen and oxygen atoms in total. The van der Waals surface area contributed by atoms with E-state index in [1.165, 1.54) is 39.1 Å². The normalized spacial score (nSPS) is 17.4. The van der Waals surface area contributed by atoms with Crippen LogP contribution in [0, 0.1) is 0 Å². The van der Waals surface area contributed by atoms with Crippen LogP contribution in [-0.4, -0.2) is 61.5 Å². The summed E-state index contributed by atoms with van der Waals surface area (Å²) < 4.78 is 0. The topological polar surface area (TPSA) is 26.6 Å². The van der Waals surface area contributed by atoms with Gasteiger partial charge in [0.2, 0.25) is 5.91 Å². The first-order valence-corrected chi connectivity index (χ1v) is 14.9. The number of hydrogen-bond acceptors (Lipinski definition) is 3. The molecule has 2 heterocycles. The van der Waals surface area contributed by atoms with Gasteiger partial charge in [0, 0.05) is 45.0 Å². The van der Waals surface area contributed by atoms with Gasteiger partial charge in [0.25, 0.3) is 0 Å². The van der Waals surface area contributed by atoms with Crippen molar-refractivity contribution in [3.05, 3.63) is 114 Å². The number of carbonyl (C=O) groups is 1. The van der Waals surface area contributed by atoms with Gasteiger partial charge in [-0.1, -0.05) is 97.4 Å². The molecule has 0 unspecified atom stereocenters. The molecule has 2 saturated heterocycles. The van der Waals surface area contributed by atoms with Crippen molar-refractivity contribution in [1.29, 1.82) is 0 Å². The van der Waals surface area contributed by atoms with Crippen molar-refractivity contribution in [3.63, 3.8) is 0 Å². The van der Waals surface area contributed by atoms with E-state index in [0.29, 0.717) is 5.91 Å². The number of benzene rings is 4. The van der Waals surface area contributed by atoms with Crippen LogP contribution in [0.15, 0.2) is 103 Å². The predicted octanol–water partition coefficient (Wildman–Crippen LogP) is 6.45. The number of amides is 1. The number of carbonyl (C=O) groups excluding carboxylic acids is 1. The van der Waals surface area contributed by atoms with Gasteiger partial charge in [-0.15, -0.1) is 0 Å². The Bertz CT molecular complexity index is 1440. The molecule has 4 aromatic rings. The summed E-state index contributed by atoms with van der Waals surface area (Å²) in [6, 6.07) is 36.8. The molecule has 2 aliphatic heterocycles. The fourth-order valence-corrected chi connectivity index (χ4v) is 6.91. The van der Waals surface area contributed by atoms with Gasteiger partial charge in [0.15, 0.2) is 0 Å². The third-order valence-electron chi connectivity index (χ3n) is 9.15. The van der Waals surface area contributed by atoms with Crippen LogP contribution in [-0.2, 0) is 10.2 Å². The van der Waals surface area contributed by atoms with Crippen molar-refractivity contribution in [2.24, 2.45) is 0 Å². The van der Waals surface area contributed by atoms with E-state index in [-0.39, 0.29) is 0 Å². The van der Waals surface area contributed by atoms with E-state index in [2.05, 4.69) is 113 Å². The monoisotopic (exact) mass is 527 g/mol. The van der Waals surface area contributed by atoms with Gasteiger partial charge in [-0.25, -0.2) is 0 Å². The zero-order valence-corrected chi connectivity index (χ0v) is 23.1. The fraction of sp³-hybridized carbons (Fsp3) is 0.306. The highest BCUT2D eigenvalue weighted by Crippen LogP contribution is 2.52. The molecule has 1 aliphatic carbocycles. The Balaban J connectivity index is 0.975. The van der Waals surface area contributed by atoms with E-state index in [0.717, 1.165) is 65.1 Å². The molecule has 0 atom stereocenters. The smallest absolute Gasteiger partial charge is 0.237 e. The highest BCUT2D eigenvalue weighted by molar-refractivity contribution is 6.01. The van der Waals surface area contributed by atoms with E-state index < -0.39 is 5.41 Å². The highest BCUT2D eigenvalue weighted by atomic mass is 16.2. The summed E-state index contributed by atoms with van der Waals surface area (Å²) in [6.45, 7) is 7.17. The summed E-state index contributed by atoms with van der Waals surface area (Å²) >= 11 is 0.